The highest BCUT2D eigenvalue weighted by Gasteiger charge is 1.99. The van der Waals surface area contributed by atoms with Gasteiger partial charge < -0.3 is 10.6 Å². The van der Waals surface area contributed by atoms with E-state index in [-0.39, 0.29) is 0 Å². The highest BCUT2D eigenvalue weighted by Crippen LogP contribution is 1.88. The van der Waals surface area contributed by atoms with E-state index < -0.39 is 0 Å². The normalized spacial score (nSPS) is 13.2. The van der Waals surface area contributed by atoms with Crippen molar-refractivity contribution >= 4 is 0 Å². The monoisotopic (exact) mass is 184 g/mol. The van der Waals surface area contributed by atoms with Crippen molar-refractivity contribution in [2.45, 2.75) is 33.2 Å². The SMILES string of the molecule is C=CCCNC(C)CNCC(C)C. The van der Waals surface area contributed by atoms with Gasteiger partial charge in [-0.2, -0.15) is 0 Å². The number of rotatable bonds is 8. The fraction of sp³-hybridized carbons (Fsp3) is 0.818. The zero-order valence-corrected chi connectivity index (χ0v) is 9.27. The Bertz CT molecular complexity index is 121. The van der Waals surface area contributed by atoms with Gasteiger partial charge in [0.05, 0.1) is 0 Å². The molecule has 0 heterocycles. The number of nitrogens with one attached hydrogen (secondary N) is 2. The molecule has 2 nitrogen and oxygen atoms in total. The van der Waals surface area contributed by atoms with Gasteiger partial charge in [-0.1, -0.05) is 19.9 Å². The van der Waals surface area contributed by atoms with E-state index in [1.165, 1.54) is 0 Å². The fourth-order valence-electron chi connectivity index (χ4n) is 1.09. The van der Waals surface area contributed by atoms with Gasteiger partial charge in [-0.3, -0.25) is 0 Å². The Morgan fingerprint density at radius 1 is 1.23 bits per heavy atom. The van der Waals surface area contributed by atoms with E-state index in [9.17, 15) is 0 Å². The van der Waals surface area contributed by atoms with Crippen LogP contribution in [-0.2, 0) is 0 Å². The van der Waals surface area contributed by atoms with Gasteiger partial charge in [0, 0.05) is 12.6 Å². The van der Waals surface area contributed by atoms with E-state index in [1.807, 2.05) is 6.08 Å². The lowest BCUT2D eigenvalue weighted by Crippen LogP contribution is -2.37. The lowest BCUT2D eigenvalue weighted by Gasteiger charge is -2.15. The second-order valence-electron chi connectivity index (χ2n) is 3.98. The van der Waals surface area contributed by atoms with Gasteiger partial charge in [-0.05, 0) is 32.4 Å². The highest BCUT2D eigenvalue weighted by molar-refractivity contribution is 4.70. The first kappa shape index (κ1) is 12.7. The van der Waals surface area contributed by atoms with Gasteiger partial charge in [-0.15, -0.1) is 6.58 Å². The molecule has 0 aromatic carbocycles. The Morgan fingerprint density at radius 3 is 2.46 bits per heavy atom. The molecule has 0 aliphatic heterocycles. The topological polar surface area (TPSA) is 24.1 Å². The van der Waals surface area contributed by atoms with Gasteiger partial charge in [0.2, 0.25) is 0 Å². The first-order chi connectivity index (χ1) is 6.16. The van der Waals surface area contributed by atoms with Crippen molar-refractivity contribution in [2.24, 2.45) is 5.92 Å². The second-order valence-corrected chi connectivity index (χ2v) is 3.98. The van der Waals surface area contributed by atoms with Crippen LogP contribution >= 0.6 is 0 Å². The first-order valence-electron chi connectivity index (χ1n) is 5.21. The zero-order chi connectivity index (χ0) is 10.1. The van der Waals surface area contributed by atoms with Crippen LogP contribution < -0.4 is 10.6 Å². The van der Waals surface area contributed by atoms with Crippen molar-refractivity contribution in [1.82, 2.24) is 10.6 Å². The Hall–Kier alpha value is -0.340. The van der Waals surface area contributed by atoms with Gasteiger partial charge >= 0.3 is 0 Å². The van der Waals surface area contributed by atoms with Crippen LogP contribution in [0.4, 0.5) is 0 Å². The van der Waals surface area contributed by atoms with Gasteiger partial charge in [0.1, 0.15) is 0 Å². The molecular weight excluding hydrogens is 160 g/mol. The van der Waals surface area contributed by atoms with E-state index in [2.05, 4.69) is 38.0 Å². The van der Waals surface area contributed by atoms with Crippen molar-refractivity contribution in [1.29, 1.82) is 0 Å². The molecule has 1 atom stereocenters. The molecule has 13 heavy (non-hydrogen) atoms. The zero-order valence-electron chi connectivity index (χ0n) is 9.27. The van der Waals surface area contributed by atoms with Crippen LogP contribution in [0.5, 0.6) is 0 Å². The smallest absolute Gasteiger partial charge is 0.0164 e. The largest absolute Gasteiger partial charge is 0.315 e. The third-order valence-corrected chi connectivity index (χ3v) is 1.84. The van der Waals surface area contributed by atoms with Crippen molar-refractivity contribution in [2.75, 3.05) is 19.6 Å². The van der Waals surface area contributed by atoms with Crippen molar-refractivity contribution in [3.8, 4) is 0 Å². The van der Waals surface area contributed by atoms with Crippen molar-refractivity contribution in [3.63, 3.8) is 0 Å². The first-order valence-corrected chi connectivity index (χ1v) is 5.21. The number of hydrogen-bond donors (Lipinski definition) is 2. The van der Waals surface area contributed by atoms with Gasteiger partial charge in [0.15, 0.2) is 0 Å². The summed E-state index contributed by atoms with van der Waals surface area (Å²) in [7, 11) is 0. The molecule has 2 N–H and O–H groups in total. The van der Waals surface area contributed by atoms with Crippen molar-refractivity contribution < 1.29 is 0 Å². The summed E-state index contributed by atoms with van der Waals surface area (Å²) in [5.41, 5.74) is 0. The third-order valence-electron chi connectivity index (χ3n) is 1.84. The van der Waals surface area contributed by atoms with Crippen LogP contribution in [-0.4, -0.2) is 25.7 Å². The molecule has 0 bridgehead atoms. The molecule has 0 aliphatic carbocycles. The summed E-state index contributed by atoms with van der Waals surface area (Å²) in [6, 6.07) is 0.554. The summed E-state index contributed by atoms with van der Waals surface area (Å²) in [4.78, 5) is 0. The van der Waals surface area contributed by atoms with Gasteiger partial charge in [-0.25, -0.2) is 0 Å². The fourth-order valence-corrected chi connectivity index (χ4v) is 1.09. The predicted octanol–water partition coefficient (Wildman–Crippen LogP) is 1.79. The summed E-state index contributed by atoms with van der Waals surface area (Å²) in [5.74, 6) is 0.736. The molecule has 78 valence electrons. The van der Waals surface area contributed by atoms with E-state index in [0.717, 1.165) is 32.0 Å². The summed E-state index contributed by atoms with van der Waals surface area (Å²) in [6.07, 6.45) is 3.00. The standard InChI is InChI=1S/C11H24N2/c1-5-6-7-13-11(4)9-12-8-10(2)3/h5,10-13H,1,6-9H2,2-4H3. The maximum Gasteiger partial charge on any atom is 0.0164 e. The molecule has 0 saturated carbocycles. The minimum Gasteiger partial charge on any atom is -0.315 e. The molecule has 0 aromatic rings. The van der Waals surface area contributed by atoms with E-state index in [4.69, 9.17) is 0 Å². The summed E-state index contributed by atoms with van der Waals surface area (Å²) >= 11 is 0. The Labute approximate surface area is 82.8 Å². The average Bonchev–Trinajstić information content (AvgIpc) is 2.04. The van der Waals surface area contributed by atoms with E-state index in [1.54, 1.807) is 0 Å². The molecule has 0 aromatic heterocycles. The molecule has 0 fully saturated rings. The van der Waals surface area contributed by atoms with Crippen LogP contribution in [0.2, 0.25) is 0 Å². The lowest BCUT2D eigenvalue weighted by molar-refractivity contribution is 0.476. The van der Waals surface area contributed by atoms with Crippen molar-refractivity contribution in [3.05, 3.63) is 12.7 Å². The predicted molar refractivity (Wildman–Crippen MR) is 60.0 cm³/mol. The van der Waals surface area contributed by atoms with Crippen LogP contribution in [0.25, 0.3) is 0 Å². The average molecular weight is 184 g/mol. The summed E-state index contributed by atoms with van der Waals surface area (Å²) in [6.45, 7) is 13.5. The minimum absolute atomic E-state index is 0.554. The lowest BCUT2D eigenvalue weighted by atomic mass is 10.2. The molecular formula is C11H24N2. The highest BCUT2D eigenvalue weighted by atomic mass is 15.0. The molecule has 2 heteroatoms. The molecule has 0 aliphatic rings. The quantitative estimate of drug-likeness (QED) is 0.444. The second kappa shape index (κ2) is 8.27. The van der Waals surface area contributed by atoms with E-state index >= 15 is 0 Å². The maximum atomic E-state index is 3.69. The van der Waals surface area contributed by atoms with Crippen LogP contribution in [0.15, 0.2) is 12.7 Å². The van der Waals surface area contributed by atoms with Crippen LogP contribution in [0, 0.1) is 5.92 Å². The summed E-state index contributed by atoms with van der Waals surface area (Å²) in [5, 5.41) is 6.85. The Morgan fingerprint density at radius 2 is 1.92 bits per heavy atom. The maximum absolute atomic E-state index is 3.69. The van der Waals surface area contributed by atoms with E-state index in [0.29, 0.717) is 6.04 Å². The van der Waals surface area contributed by atoms with Gasteiger partial charge in [0.25, 0.3) is 0 Å². The molecule has 0 rings (SSSR count). The minimum atomic E-state index is 0.554. The van der Waals surface area contributed by atoms with Crippen LogP contribution in [0.1, 0.15) is 27.2 Å². The Kier molecular flexibility index (Phi) is 8.05. The molecule has 0 amide bonds. The molecule has 1 unspecified atom stereocenters. The molecule has 0 radical (unpaired) electrons. The molecule has 0 saturated heterocycles. The Balaban J connectivity index is 3.19. The summed E-state index contributed by atoms with van der Waals surface area (Å²) < 4.78 is 0. The van der Waals surface area contributed by atoms with Crippen LogP contribution in [0.3, 0.4) is 0 Å². The molecule has 0 spiro atoms. The third kappa shape index (κ3) is 9.57. The number of hydrogen-bond acceptors (Lipinski definition) is 2.